The first-order valence-electron chi connectivity index (χ1n) is 6.25. The number of carbonyl (C=O) groups is 1. The van der Waals surface area contributed by atoms with E-state index >= 15 is 0 Å². The minimum absolute atomic E-state index is 0.151. The molecule has 106 valence electrons. The smallest absolute Gasteiger partial charge is 0.261 e. The number of rotatable bonds is 6. The quantitative estimate of drug-likeness (QED) is 0.829. The highest BCUT2D eigenvalue weighted by Gasteiger charge is 2.26. The van der Waals surface area contributed by atoms with Crippen LogP contribution in [-0.4, -0.2) is 29.3 Å². The molecule has 0 bridgehead atoms. The van der Waals surface area contributed by atoms with Gasteiger partial charge >= 0.3 is 0 Å². The molecule has 0 radical (unpaired) electrons. The summed E-state index contributed by atoms with van der Waals surface area (Å²) in [4.78, 5) is 11.9. The van der Waals surface area contributed by atoms with Crippen molar-refractivity contribution in [3.05, 3.63) is 30.1 Å². The highest BCUT2D eigenvalue weighted by Crippen LogP contribution is 2.15. The van der Waals surface area contributed by atoms with Crippen LogP contribution in [-0.2, 0) is 4.79 Å². The average Bonchev–Trinajstić information content (AvgIpc) is 2.38. The predicted molar refractivity (Wildman–Crippen MR) is 70.4 cm³/mol. The minimum Gasteiger partial charge on any atom is -0.481 e. The fourth-order valence-electron chi connectivity index (χ4n) is 1.44. The monoisotopic (exact) mass is 269 g/mol. The van der Waals surface area contributed by atoms with Crippen molar-refractivity contribution < 1.29 is 19.0 Å². The van der Waals surface area contributed by atoms with Gasteiger partial charge in [0, 0.05) is 6.07 Å². The number of aliphatic hydroxyl groups excluding tert-OH is 1. The van der Waals surface area contributed by atoms with Gasteiger partial charge < -0.3 is 15.2 Å². The number of aliphatic hydroxyl groups is 1. The zero-order valence-corrected chi connectivity index (χ0v) is 11.4. The molecule has 1 amide bonds. The van der Waals surface area contributed by atoms with E-state index in [0.717, 1.165) is 0 Å². The first-order valence-corrected chi connectivity index (χ1v) is 6.25. The van der Waals surface area contributed by atoms with E-state index in [1.807, 2.05) is 6.92 Å². The van der Waals surface area contributed by atoms with Crippen LogP contribution < -0.4 is 10.1 Å². The molecule has 0 aromatic heterocycles. The van der Waals surface area contributed by atoms with Crippen molar-refractivity contribution >= 4 is 5.91 Å². The molecule has 19 heavy (non-hydrogen) atoms. The first kappa shape index (κ1) is 15.4. The standard InChI is InChI=1S/C14H20FNO3/c1-4-14(3,9-17)16-13(18)10(2)19-12-7-5-6-11(15)8-12/h5-8,10,17H,4,9H2,1-3H3,(H,16,18). The summed E-state index contributed by atoms with van der Waals surface area (Å²) in [7, 11) is 0. The molecule has 0 heterocycles. The normalized spacial score (nSPS) is 15.4. The summed E-state index contributed by atoms with van der Waals surface area (Å²) in [6.07, 6.45) is -0.165. The average molecular weight is 269 g/mol. The van der Waals surface area contributed by atoms with Crippen LogP contribution in [0, 0.1) is 5.82 Å². The topological polar surface area (TPSA) is 58.6 Å². The number of carbonyl (C=O) groups excluding carboxylic acids is 1. The van der Waals surface area contributed by atoms with Crippen molar-refractivity contribution in [2.24, 2.45) is 0 Å². The fourth-order valence-corrected chi connectivity index (χ4v) is 1.44. The second kappa shape index (κ2) is 6.52. The number of amides is 1. The second-order valence-corrected chi connectivity index (χ2v) is 4.78. The Morgan fingerprint density at radius 1 is 1.58 bits per heavy atom. The Morgan fingerprint density at radius 2 is 2.26 bits per heavy atom. The molecular weight excluding hydrogens is 249 g/mol. The molecule has 0 aliphatic carbocycles. The van der Waals surface area contributed by atoms with Gasteiger partial charge in [-0.1, -0.05) is 13.0 Å². The van der Waals surface area contributed by atoms with E-state index in [1.54, 1.807) is 19.9 Å². The molecule has 5 heteroatoms. The summed E-state index contributed by atoms with van der Waals surface area (Å²) in [6.45, 7) is 5.05. The van der Waals surface area contributed by atoms with Crippen LogP contribution in [0.15, 0.2) is 24.3 Å². The molecule has 1 aromatic rings. The Morgan fingerprint density at radius 3 is 2.79 bits per heavy atom. The van der Waals surface area contributed by atoms with Crippen LogP contribution in [0.1, 0.15) is 27.2 Å². The van der Waals surface area contributed by atoms with E-state index in [2.05, 4.69) is 5.32 Å². The highest BCUT2D eigenvalue weighted by atomic mass is 19.1. The lowest BCUT2D eigenvalue weighted by molar-refractivity contribution is -0.129. The van der Waals surface area contributed by atoms with E-state index < -0.39 is 17.5 Å². The lowest BCUT2D eigenvalue weighted by Gasteiger charge is -2.28. The number of nitrogens with one attached hydrogen (secondary N) is 1. The third-order valence-corrected chi connectivity index (χ3v) is 3.03. The van der Waals surface area contributed by atoms with Crippen LogP contribution in [0.2, 0.25) is 0 Å². The largest absolute Gasteiger partial charge is 0.481 e. The Bertz CT molecular complexity index is 432. The van der Waals surface area contributed by atoms with Gasteiger partial charge in [0.15, 0.2) is 6.10 Å². The molecule has 0 aliphatic rings. The zero-order chi connectivity index (χ0) is 14.5. The van der Waals surface area contributed by atoms with Crippen molar-refractivity contribution in [1.29, 1.82) is 0 Å². The molecule has 0 aliphatic heterocycles. The number of benzene rings is 1. The maximum Gasteiger partial charge on any atom is 0.261 e. The van der Waals surface area contributed by atoms with Crippen LogP contribution >= 0.6 is 0 Å². The van der Waals surface area contributed by atoms with Gasteiger partial charge in [-0.15, -0.1) is 0 Å². The van der Waals surface area contributed by atoms with E-state index in [4.69, 9.17) is 4.74 Å². The molecule has 1 rings (SSSR count). The summed E-state index contributed by atoms with van der Waals surface area (Å²) in [5, 5.41) is 12.0. The van der Waals surface area contributed by atoms with Crippen molar-refractivity contribution in [2.75, 3.05) is 6.61 Å². The summed E-state index contributed by atoms with van der Waals surface area (Å²) in [6, 6.07) is 5.61. The number of hydrogen-bond donors (Lipinski definition) is 2. The van der Waals surface area contributed by atoms with Crippen molar-refractivity contribution in [3.63, 3.8) is 0 Å². The third-order valence-electron chi connectivity index (χ3n) is 3.03. The Balaban J connectivity index is 2.63. The Kier molecular flexibility index (Phi) is 5.30. The zero-order valence-electron chi connectivity index (χ0n) is 11.4. The summed E-state index contributed by atoms with van der Waals surface area (Å²) < 4.78 is 18.3. The van der Waals surface area contributed by atoms with Crippen molar-refractivity contribution in [2.45, 2.75) is 38.8 Å². The van der Waals surface area contributed by atoms with Gasteiger partial charge in [0.05, 0.1) is 12.1 Å². The molecule has 2 unspecified atom stereocenters. The lowest BCUT2D eigenvalue weighted by Crippen LogP contribution is -2.52. The van der Waals surface area contributed by atoms with Gasteiger partial charge in [-0.2, -0.15) is 0 Å². The maximum atomic E-state index is 13.0. The molecule has 2 N–H and O–H groups in total. The SMILES string of the molecule is CCC(C)(CO)NC(=O)C(C)Oc1cccc(F)c1. The van der Waals surface area contributed by atoms with Crippen LogP contribution in [0.5, 0.6) is 5.75 Å². The summed E-state index contributed by atoms with van der Waals surface area (Å²) in [5.41, 5.74) is -0.670. The molecule has 0 fully saturated rings. The summed E-state index contributed by atoms with van der Waals surface area (Å²) >= 11 is 0. The molecule has 2 atom stereocenters. The van der Waals surface area contributed by atoms with Crippen LogP contribution in [0.4, 0.5) is 4.39 Å². The number of hydrogen-bond acceptors (Lipinski definition) is 3. The predicted octanol–water partition coefficient (Wildman–Crippen LogP) is 1.87. The van der Waals surface area contributed by atoms with Gasteiger partial charge in [-0.3, -0.25) is 4.79 Å². The molecule has 0 saturated carbocycles. The van der Waals surface area contributed by atoms with Crippen molar-refractivity contribution in [3.8, 4) is 5.75 Å². The van der Waals surface area contributed by atoms with E-state index in [0.29, 0.717) is 12.2 Å². The molecule has 0 saturated heterocycles. The van der Waals surface area contributed by atoms with Gasteiger partial charge in [-0.05, 0) is 32.4 Å². The first-order chi connectivity index (χ1) is 8.90. The Labute approximate surface area is 112 Å². The van der Waals surface area contributed by atoms with Gasteiger partial charge in [-0.25, -0.2) is 4.39 Å². The number of halogens is 1. The Hall–Kier alpha value is -1.62. The molecule has 0 spiro atoms. The van der Waals surface area contributed by atoms with E-state index in [9.17, 15) is 14.3 Å². The van der Waals surface area contributed by atoms with Gasteiger partial charge in [0.1, 0.15) is 11.6 Å². The van der Waals surface area contributed by atoms with E-state index in [1.165, 1.54) is 18.2 Å². The van der Waals surface area contributed by atoms with Crippen LogP contribution in [0.25, 0.3) is 0 Å². The van der Waals surface area contributed by atoms with Crippen molar-refractivity contribution in [1.82, 2.24) is 5.32 Å². The molecular formula is C14H20FNO3. The number of ether oxygens (including phenoxy) is 1. The highest BCUT2D eigenvalue weighted by molar-refractivity contribution is 5.81. The lowest BCUT2D eigenvalue weighted by atomic mass is 10.00. The minimum atomic E-state index is -0.765. The van der Waals surface area contributed by atoms with E-state index in [-0.39, 0.29) is 12.5 Å². The second-order valence-electron chi connectivity index (χ2n) is 4.78. The summed E-state index contributed by atoms with van der Waals surface area (Å²) in [5.74, 6) is -0.466. The van der Waals surface area contributed by atoms with Gasteiger partial charge in [0.25, 0.3) is 5.91 Å². The van der Waals surface area contributed by atoms with Gasteiger partial charge in [0.2, 0.25) is 0 Å². The molecule has 1 aromatic carbocycles. The van der Waals surface area contributed by atoms with Crippen LogP contribution in [0.3, 0.4) is 0 Å². The maximum absolute atomic E-state index is 13.0. The molecule has 4 nitrogen and oxygen atoms in total. The fraction of sp³-hybridized carbons (Fsp3) is 0.500. The third kappa shape index (κ3) is 4.52.